The quantitative estimate of drug-likeness (QED) is 0.289. The van der Waals surface area contributed by atoms with E-state index in [0.717, 1.165) is 48.3 Å². The molecule has 0 spiro atoms. The second-order valence-electron chi connectivity index (χ2n) is 12.7. The zero-order chi connectivity index (χ0) is 28.6. The van der Waals surface area contributed by atoms with Crippen molar-refractivity contribution in [1.82, 2.24) is 0 Å². The van der Waals surface area contributed by atoms with E-state index in [4.69, 9.17) is 4.74 Å². The molecular formula is C37H46O4. The molecule has 4 atom stereocenters. The molecular weight excluding hydrogens is 508 g/mol. The first-order valence-electron chi connectivity index (χ1n) is 16.0. The summed E-state index contributed by atoms with van der Waals surface area (Å²) < 4.78 is 5.40. The van der Waals surface area contributed by atoms with E-state index in [2.05, 4.69) is 24.0 Å². The minimum absolute atomic E-state index is 0.00427. The van der Waals surface area contributed by atoms with Gasteiger partial charge in [0.2, 0.25) is 0 Å². The fourth-order valence-corrected chi connectivity index (χ4v) is 7.57. The smallest absolute Gasteiger partial charge is 0.160 e. The number of fused-ring (bicyclic) bond motifs is 2. The lowest BCUT2D eigenvalue weighted by Gasteiger charge is -2.25. The second-order valence-corrected chi connectivity index (χ2v) is 12.7. The van der Waals surface area contributed by atoms with Crippen LogP contribution in [0.1, 0.15) is 112 Å². The molecule has 218 valence electrons. The Hall–Kier alpha value is -3.06. The van der Waals surface area contributed by atoms with Gasteiger partial charge < -0.3 is 9.84 Å². The lowest BCUT2D eigenvalue weighted by Crippen LogP contribution is -2.26. The number of hydrogen-bond acceptors (Lipinski definition) is 4. The maximum absolute atomic E-state index is 13.7. The Balaban J connectivity index is 1.44. The van der Waals surface area contributed by atoms with Gasteiger partial charge in [0.25, 0.3) is 0 Å². The number of rotatable bonds is 6. The van der Waals surface area contributed by atoms with Gasteiger partial charge >= 0.3 is 0 Å². The van der Waals surface area contributed by atoms with E-state index in [1.54, 1.807) is 6.07 Å². The molecule has 0 bridgehead atoms. The molecule has 4 unspecified atom stereocenters. The van der Waals surface area contributed by atoms with Crippen LogP contribution >= 0.6 is 0 Å². The number of methoxy groups -OCH3 is 1. The Morgan fingerprint density at radius 1 is 0.878 bits per heavy atom. The Kier molecular flexibility index (Phi) is 10.2. The van der Waals surface area contributed by atoms with Crippen molar-refractivity contribution in [3.63, 3.8) is 0 Å². The fourth-order valence-electron chi connectivity index (χ4n) is 7.57. The molecule has 2 fully saturated rings. The Morgan fingerprint density at radius 2 is 1.63 bits per heavy atom. The Bertz CT molecular complexity index is 1250. The molecule has 1 N–H and O–H groups in total. The van der Waals surface area contributed by atoms with Gasteiger partial charge in [-0.25, -0.2) is 0 Å². The highest BCUT2D eigenvalue weighted by molar-refractivity contribution is 6.00. The highest BCUT2D eigenvalue weighted by atomic mass is 16.5. The van der Waals surface area contributed by atoms with E-state index < -0.39 is 0 Å². The summed E-state index contributed by atoms with van der Waals surface area (Å²) in [6, 6.07) is 13.7. The second kappa shape index (κ2) is 14.2. The summed E-state index contributed by atoms with van der Waals surface area (Å²) in [6.07, 6.45) is 15.5. The van der Waals surface area contributed by atoms with Gasteiger partial charge in [0.15, 0.2) is 11.5 Å². The number of hydrogen-bond donors (Lipinski definition) is 1. The van der Waals surface area contributed by atoms with Crippen LogP contribution in [0.25, 0.3) is 0 Å². The van der Waals surface area contributed by atoms with Crippen LogP contribution in [-0.2, 0) is 16.0 Å². The van der Waals surface area contributed by atoms with Crippen LogP contribution in [0.4, 0.5) is 0 Å². The maximum atomic E-state index is 13.7. The molecule has 0 aromatic heterocycles. The van der Waals surface area contributed by atoms with Crippen molar-refractivity contribution in [2.75, 3.05) is 7.11 Å². The predicted octanol–water partition coefficient (Wildman–Crippen LogP) is 8.18. The highest BCUT2D eigenvalue weighted by Gasteiger charge is 2.34. The number of ether oxygens (including phenoxy) is 1. The van der Waals surface area contributed by atoms with E-state index in [1.807, 2.05) is 24.3 Å². The standard InChI is InChI=1S/C37H46O4/c1-41-37-23-30-18-20-31(38)24-35(39)34-22-27(13-8-12-26-10-4-2-5-11-26)14-9-17-29(34)19-21-32(33(30)25-36(37)40)28-15-6-3-7-16-28/h3,6-7,15-16,23,25-27,29,32,34,40H,2,4-5,8-14,17-18,20,22,24H2,1H3. The summed E-state index contributed by atoms with van der Waals surface area (Å²) in [4.78, 5) is 26.8. The van der Waals surface area contributed by atoms with Crippen LogP contribution < -0.4 is 4.74 Å². The summed E-state index contributed by atoms with van der Waals surface area (Å²) in [6.45, 7) is 0. The van der Waals surface area contributed by atoms with E-state index in [9.17, 15) is 14.7 Å². The van der Waals surface area contributed by atoms with Crippen LogP contribution in [0.5, 0.6) is 11.5 Å². The van der Waals surface area contributed by atoms with Crippen molar-refractivity contribution in [1.29, 1.82) is 0 Å². The molecule has 4 nitrogen and oxygen atoms in total. The van der Waals surface area contributed by atoms with Crippen LogP contribution in [0.3, 0.4) is 0 Å². The first-order valence-corrected chi connectivity index (χ1v) is 16.0. The lowest BCUT2D eigenvalue weighted by atomic mass is 9.78. The van der Waals surface area contributed by atoms with Gasteiger partial charge in [-0.3, -0.25) is 9.59 Å². The Morgan fingerprint density at radius 3 is 2.41 bits per heavy atom. The monoisotopic (exact) mass is 554 g/mol. The third-order valence-electron chi connectivity index (χ3n) is 9.91. The van der Waals surface area contributed by atoms with Crippen molar-refractivity contribution in [2.24, 2.45) is 23.7 Å². The molecule has 41 heavy (non-hydrogen) atoms. The van der Waals surface area contributed by atoms with Crippen LogP contribution in [-0.4, -0.2) is 23.8 Å². The molecule has 0 heterocycles. The van der Waals surface area contributed by atoms with E-state index >= 15 is 0 Å². The van der Waals surface area contributed by atoms with Crippen molar-refractivity contribution < 1.29 is 19.4 Å². The van der Waals surface area contributed by atoms with Gasteiger partial charge in [0.1, 0.15) is 11.6 Å². The molecule has 5 rings (SSSR count). The number of benzene rings is 2. The molecule has 4 heteroatoms. The number of phenols is 1. The number of Topliss-reactive ketones (excluding diaryl/α,β-unsaturated/α-hetero) is 2. The topological polar surface area (TPSA) is 63.6 Å². The zero-order valence-corrected chi connectivity index (χ0v) is 24.7. The summed E-state index contributed by atoms with van der Waals surface area (Å²) in [7, 11) is 1.53. The maximum Gasteiger partial charge on any atom is 0.160 e. The molecule has 3 aliphatic carbocycles. The molecule has 2 aromatic rings. The molecule has 0 amide bonds. The molecule has 3 aliphatic rings. The highest BCUT2D eigenvalue weighted by Crippen LogP contribution is 2.39. The summed E-state index contributed by atoms with van der Waals surface area (Å²) in [5, 5.41) is 10.7. The van der Waals surface area contributed by atoms with Crippen molar-refractivity contribution in [3.05, 3.63) is 59.2 Å². The van der Waals surface area contributed by atoms with Crippen molar-refractivity contribution in [2.45, 2.75) is 102 Å². The third kappa shape index (κ3) is 7.62. The largest absolute Gasteiger partial charge is 0.504 e. The molecule has 0 radical (unpaired) electrons. The van der Waals surface area contributed by atoms with Crippen LogP contribution in [0.15, 0.2) is 42.5 Å². The van der Waals surface area contributed by atoms with Crippen LogP contribution in [0.2, 0.25) is 0 Å². The minimum atomic E-state index is -0.261. The van der Waals surface area contributed by atoms with E-state index in [-0.39, 0.29) is 41.5 Å². The van der Waals surface area contributed by atoms with E-state index in [0.29, 0.717) is 24.5 Å². The van der Waals surface area contributed by atoms with E-state index in [1.165, 1.54) is 58.5 Å². The molecule has 0 saturated heterocycles. The number of aryl methyl sites for hydroxylation is 1. The average molecular weight is 555 g/mol. The molecule has 2 saturated carbocycles. The fraction of sp³-hybridized carbons (Fsp3) is 0.568. The van der Waals surface area contributed by atoms with Crippen LogP contribution in [0, 0.1) is 35.5 Å². The number of phenolic OH excluding ortho intramolecular Hbond substituents is 1. The van der Waals surface area contributed by atoms with Crippen molar-refractivity contribution in [3.8, 4) is 23.3 Å². The minimum Gasteiger partial charge on any atom is -0.504 e. The molecule has 2 aromatic carbocycles. The summed E-state index contributed by atoms with van der Waals surface area (Å²) >= 11 is 0. The zero-order valence-electron chi connectivity index (χ0n) is 24.7. The summed E-state index contributed by atoms with van der Waals surface area (Å²) in [5.74, 6) is 8.70. The number of aromatic hydroxyl groups is 1. The number of carbonyl (C=O) groups excluding carboxylic acids is 2. The summed E-state index contributed by atoms with van der Waals surface area (Å²) in [5.41, 5.74) is 2.89. The van der Waals surface area contributed by atoms with Crippen molar-refractivity contribution >= 4 is 11.6 Å². The predicted molar refractivity (Wildman–Crippen MR) is 163 cm³/mol. The van der Waals surface area contributed by atoms with Gasteiger partial charge in [-0.05, 0) is 59.9 Å². The Labute approximate surface area is 246 Å². The SMILES string of the molecule is COc1cc2c(cc1O)C(c1ccccc1)C#CC1CCCC(CCCC3CCCCC3)CC1C(=O)CC(=O)CC2. The number of ketones is 2. The van der Waals surface area contributed by atoms with Gasteiger partial charge in [-0.15, -0.1) is 0 Å². The van der Waals surface area contributed by atoms with Gasteiger partial charge in [-0.2, -0.15) is 0 Å². The number of carbonyl (C=O) groups is 2. The van der Waals surface area contributed by atoms with Gasteiger partial charge in [-0.1, -0.05) is 106 Å². The van der Waals surface area contributed by atoms with Gasteiger partial charge in [0.05, 0.1) is 19.4 Å². The lowest BCUT2D eigenvalue weighted by molar-refractivity contribution is -0.130. The first kappa shape index (κ1) is 29.4. The normalized spacial score (nSPS) is 25.9. The first-order chi connectivity index (χ1) is 20.0. The average Bonchev–Trinajstić information content (AvgIpc) is 3.19. The molecule has 0 aliphatic heterocycles. The van der Waals surface area contributed by atoms with Gasteiger partial charge in [0, 0.05) is 18.3 Å². The third-order valence-corrected chi connectivity index (χ3v) is 9.91.